The highest BCUT2D eigenvalue weighted by Crippen LogP contribution is 2.21. The fourth-order valence-electron chi connectivity index (χ4n) is 1.42. The predicted molar refractivity (Wildman–Crippen MR) is 69.6 cm³/mol. The van der Waals surface area contributed by atoms with Crippen LogP contribution >= 0.6 is 11.8 Å². The molecule has 6 heteroatoms. The minimum absolute atomic E-state index is 0.233. The van der Waals surface area contributed by atoms with Gasteiger partial charge >= 0.3 is 0 Å². The Morgan fingerprint density at radius 1 is 1.22 bits per heavy atom. The quantitative estimate of drug-likeness (QED) is 0.859. The van der Waals surface area contributed by atoms with Crippen molar-refractivity contribution >= 4 is 17.7 Å². The molecule has 4 nitrogen and oxygen atoms in total. The maximum atomic E-state index is 13.0. The molecule has 0 aliphatic rings. The molecular weight excluding hydrogens is 251 g/mol. The molecule has 2 aromatic rings. The number of benzene rings is 1. The highest BCUT2D eigenvalue weighted by molar-refractivity contribution is 7.98. The number of halogens is 1. The van der Waals surface area contributed by atoms with Gasteiger partial charge in [-0.05, 0) is 18.2 Å². The van der Waals surface area contributed by atoms with E-state index in [1.165, 1.54) is 23.9 Å². The zero-order valence-corrected chi connectivity index (χ0v) is 10.7. The average molecular weight is 264 g/mol. The number of nitrogen functional groups attached to an aromatic ring is 1. The van der Waals surface area contributed by atoms with Crippen LogP contribution in [0.15, 0.2) is 29.2 Å². The van der Waals surface area contributed by atoms with Crippen LogP contribution in [0.5, 0.6) is 0 Å². The van der Waals surface area contributed by atoms with Gasteiger partial charge in [-0.25, -0.2) is 9.37 Å². The van der Waals surface area contributed by atoms with Crippen LogP contribution in [0.1, 0.15) is 18.6 Å². The van der Waals surface area contributed by atoms with Crippen molar-refractivity contribution in [1.29, 1.82) is 0 Å². The normalized spacial score (nSPS) is 10.6. The van der Waals surface area contributed by atoms with Crippen LogP contribution in [0, 0.1) is 5.82 Å². The van der Waals surface area contributed by atoms with Crippen LogP contribution in [-0.4, -0.2) is 15.0 Å². The highest BCUT2D eigenvalue weighted by atomic mass is 32.2. The van der Waals surface area contributed by atoms with Crippen molar-refractivity contribution in [2.75, 3.05) is 5.73 Å². The van der Waals surface area contributed by atoms with Crippen molar-refractivity contribution in [2.45, 2.75) is 24.0 Å². The van der Waals surface area contributed by atoms with E-state index in [4.69, 9.17) is 5.73 Å². The largest absolute Gasteiger partial charge is 0.368 e. The van der Waals surface area contributed by atoms with E-state index in [2.05, 4.69) is 15.0 Å². The first-order valence-electron chi connectivity index (χ1n) is 5.55. The molecule has 0 fully saturated rings. The molecular formula is C12H13FN4S. The number of anilines is 1. The molecule has 1 aromatic heterocycles. The van der Waals surface area contributed by atoms with Crippen molar-refractivity contribution < 1.29 is 4.39 Å². The van der Waals surface area contributed by atoms with Gasteiger partial charge < -0.3 is 5.73 Å². The summed E-state index contributed by atoms with van der Waals surface area (Å²) in [6.45, 7) is 1.96. The minimum Gasteiger partial charge on any atom is -0.368 e. The fraction of sp³-hybridized carbons (Fsp3) is 0.250. The summed E-state index contributed by atoms with van der Waals surface area (Å²) in [7, 11) is 0. The van der Waals surface area contributed by atoms with Gasteiger partial charge in [0.1, 0.15) is 17.5 Å². The number of aromatic nitrogens is 3. The molecule has 0 saturated heterocycles. The Balaban J connectivity index is 2.08. The van der Waals surface area contributed by atoms with Gasteiger partial charge in [-0.15, -0.1) is 11.8 Å². The third kappa shape index (κ3) is 3.40. The second-order valence-electron chi connectivity index (χ2n) is 3.63. The number of nitrogens with zero attached hydrogens (tertiary/aromatic N) is 3. The van der Waals surface area contributed by atoms with E-state index in [9.17, 15) is 4.39 Å². The van der Waals surface area contributed by atoms with E-state index < -0.39 is 0 Å². The Hall–Kier alpha value is -1.69. The van der Waals surface area contributed by atoms with Gasteiger partial charge in [-0.3, -0.25) is 0 Å². The van der Waals surface area contributed by atoms with Crippen molar-refractivity contribution in [3.63, 3.8) is 0 Å². The molecule has 1 heterocycles. The number of aryl methyl sites for hydroxylation is 1. The average Bonchev–Trinajstić information content (AvgIpc) is 2.36. The lowest BCUT2D eigenvalue weighted by molar-refractivity contribution is 0.624. The summed E-state index contributed by atoms with van der Waals surface area (Å²) in [4.78, 5) is 13.2. The van der Waals surface area contributed by atoms with E-state index in [-0.39, 0.29) is 11.8 Å². The number of nitrogens with two attached hydrogens (primary N) is 1. The molecule has 2 rings (SSSR count). The van der Waals surface area contributed by atoms with E-state index in [0.717, 1.165) is 4.90 Å². The Bertz CT molecular complexity index is 547. The van der Waals surface area contributed by atoms with Gasteiger partial charge in [0.05, 0.1) is 5.75 Å². The Kier molecular flexibility index (Phi) is 4.09. The maximum absolute atomic E-state index is 13.0. The lowest BCUT2D eigenvalue weighted by Crippen LogP contribution is -2.05. The van der Waals surface area contributed by atoms with Gasteiger partial charge in [-0.1, -0.05) is 13.0 Å². The summed E-state index contributed by atoms with van der Waals surface area (Å²) < 4.78 is 13.0. The van der Waals surface area contributed by atoms with Gasteiger partial charge in [0, 0.05) is 11.3 Å². The Labute approximate surface area is 109 Å². The van der Waals surface area contributed by atoms with Crippen molar-refractivity contribution in [2.24, 2.45) is 0 Å². The summed E-state index contributed by atoms with van der Waals surface area (Å²) in [5.74, 6) is 1.83. The van der Waals surface area contributed by atoms with Crippen LogP contribution < -0.4 is 5.73 Å². The van der Waals surface area contributed by atoms with E-state index >= 15 is 0 Å². The standard InChI is InChI=1S/C12H13FN4S/c1-2-10-15-11(17-12(14)16-10)7-18-9-5-3-4-8(13)6-9/h3-6H,2,7H2,1H3,(H2,14,15,16,17). The summed E-state index contributed by atoms with van der Waals surface area (Å²) in [5, 5.41) is 0. The first kappa shape index (κ1) is 12.8. The third-order valence-electron chi connectivity index (χ3n) is 2.23. The first-order chi connectivity index (χ1) is 8.67. The van der Waals surface area contributed by atoms with Gasteiger partial charge in [0.15, 0.2) is 0 Å². The zero-order chi connectivity index (χ0) is 13.0. The third-order valence-corrected chi connectivity index (χ3v) is 3.22. The molecule has 94 valence electrons. The molecule has 0 radical (unpaired) electrons. The first-order valence-corrected chi connectivity index (χ1v) is 6.53. The van der Waals surface area contributed by atoms with Crippen molar-refractivity contribution in [3.8, 4) is 0 Å². The zero-order valence-electron chi connectivity index (χ0n) is 9.93. The topological polar surface area (TPSA) is 64.7 Å². The maximum Gasteiger partial charge on any atom is 0.223 e. The molecule has 0 atom stereocenters. The van der Waals surface area contributed by atoms with E-state index in [0.29, 0.717) is 23.8 Å². The fourth-order valence-corrected chi connectivity index (χ4v) is 2.21. The van der Waals surface area contributed by atoms with Crippen molar-refractivity contribution in [3.05, 3.63) is 41.7 Å². The Morgan fingerprint density at radius 2 is 2.00 bits per heavy atom. The molecule has 0 aliphatic heterocycles. The summed E-state index contributed by atoms with van der Waals surface area (Å²) in [6, 6.07) is 6.42. The molecule has 2 N–H and O–H groups in total. The number of hydrogen-bond acceptors (Lipinski definition) is 5. The molecule has 0 bridgehead atoms. The smallest absolute Gasteiger partial charge is 0.223 e. The van der Waals surface area contributed by atoms with Gasteiger partial charge in [0.25, 0.3) is 0 Å². The molecule has 0 amide bonds. The van der Waals surface area contributed by atoms with Crippen LogP contribution in [0.2, 0.25) is 0 Å². The molecule has 0 spiro atoms. The van der Waals surface area contributed by atoms with Crippen LogP contribution in [0.4, 0.5) is 10.3 Å². The highest BCUT2D eigenvalue weighted by Gasteiger charge is 2.04. The summed E-state index contributed by atoms with van der Waals surface area (Å²) in [6.07, 6.45) is 0.713. The van der Waals surface area contributed by atoms with Gasteiger partial charge in [0.2, 0.25) is 5.95 Å². The number of hydrogen-bond donors (Lipinski definition) is 1. The predicted octanol–water partition coefficient (Wildman–Crippen LogP) is 2.45. The lowest BCUT2D eigenvalue weighted by Gasteiger charge is -2.03. The van der Waals surface area contributed by atoms with Crippen molar-refractivity contribution in [1.82, 2.24) is 15.0 Å². The lowest BCUT2D eigenvalue weighted by atomic mass is 10.4. The van der Waals surface area contributed by atoms with Crippen LogP contribution in [-0.2, 0) is 12.2 Å². The number of thioether (sulfide) groups is 1. The SMILES string of the molecule is CCc1nc(N)nc(CSc2cccc(F)c2)n1. The Morgan fingerprint density at radius 3 is 2.72 bits per heavy atom. The van der Waals surface area contributed by atoms with E-state index in [1.54, 1.807) is 6.07 Å². The van der Waals surface area contributed by atoms with Crippen LogP contribution in [0.3, 0.4) is 0 Å². The van der Waals surface area contributed by atoms with Crippen LogP contribution in [0.25, 0.3) is 0 Å². The molecule has 18 heavy (non-hydrogen) atoms. The minimum atomic E-state index is -0.246. The second kappa shape index (κ2) is 5.77. The second-order valence-corrected chi connectivity index (χ2v) is 4.67. The molecule has 0 saturated carbocycles. The molecule has 0 unspecified atom stereocenters. The summed E-state index contributed by atoms with van der Waals surface area (Å²) >= 11 is 1.47. The molecule has 0 aliphatic carbocycles. The monoisotopic (exact) mass is 264 g/mol. The number of rotatable bonds is 4. The molecule has 1 aromatic carbocycles. The summed E-state index contributed by atoms with van der Waals surface area (Å²) in [5.41, 5.74) is 5.60. The van der Waals surface area contributed by atoms with E-state index in [1.807, 2.05) is 13.0 Å². The van der Waals surface area contributed by atoms with Gasteiger partial charge in [-0.2, -0.15) is 9.97 Å².